The average molecular weight is 243 g/mol. The molecule has 0 aliphatic carbocycles. The first-order valence-electron chi connectivity index (χ1n) is 5.49. The van der Waals surface area contributed by atoms with Gasteiger partial charge in [-0.05, 0) is 19.4 Å². The van der Waals surface area contributed by atoms with Crippen LogP contribution in [-0.4, -0.2) is 18.9 Å². The number of carbonyl (C=O) groups is 1. The van der Waals surface area contributed by atoms with E-state index in [1.54, 1.807) is 0 Å². The zero-order valence-corrected chi connectivity index (χ0v) is 9.10. The summed E-state index contributed by atoms with van der Waals surface area (Å²) in [6.07, 6.45) is 1.39. The molecule has 0 spiro atoms. The normalized spacial score (nSPS) is 20.3. The van der Waals surface area contributed by atoms with Crippen molar-refractivity contribution < 1.29 is 18.0 Å². The third-order valence-corrected chi connectivity index (χ3v) is 2.92. The summed E-state index contributed by atoms with van der Waals surface area (Å²) in [7, 11) is 0. The summed E-state index contributed by atoms with van der Waals surface area (Å²) in [5.41, 5.74) is -0.625. The summed E-state index contributed by atoms with van der Waals surface area (Å²) < 4.78 is 39.5. The van der Waals surface area contributed by atoms with E-state index in [2.05, 4.69) is 5.32 Å². The molecule has 1 heterocycles. The summed E-state index contributed by atoms with van der Waals surface area (Å²) in [6.45, 7) is 1.22. The van der Waals surface area contributed by atoms with Crippen molar-refractivity contribution in [2.24, 2.45) is 5.92 Å². The predicted octanol–water partition coefficient (Wildman–Crippen LogP) is 2.29. The van der Waals surface area contributed by atoms with E-state index in [0.29, 0.717) is 25.1 Å². The summed E-state index contributed by atoms with van der Waals surface area (Å²) in [5.74, 6) is -4.29. The lowest BCUT2D eigenvalue weighted by Gasteiger charge is -2.21. The van der Waals surface area contributed by atoms with Crippen LogP contribution in [0.3, 0.4) is 0 Å². The lowest BCUT2D eigenvalue weighted by molar-refractivity contribution is 0.0890. The molecule has 0 saturated carbocycles. The molecule has 1 aromatic rings. The molecule has 92 valence electrons. The van der Waals surface area contributed by atoms with Crippen LogP contribution in [-0.2, 0) is 0 Å². The number of rotatable bonds is 2. The Morgan fingerprint density at radius 3 is 2.41 bits per heavy atom. The van der Waals surface area contributed by atoms with Gasteiger partial charge in [-0.3, -0.25) is 4.79 Å². The largest absolute Gasteiger partial charge is 0.316 e. The van der Waals surface area contributed by atoms with E-state index in [0.717, 1.165) is 13.0 Å². The molecule has 2 nitrogen and oxygen atoms in total. The van der Waals surface area contributed by atoms with E-state index < -0.39 is 34.7 Å². The molecule has 1 N–H and O–H groups in total. The molecule has 0 amide bonds. The van der Waals surface area contributed by atoms with Gasteiger partial charge in [0.15, 0.2) is 5.78 Å². The molecule has 1 aromatic carbocycles. The average Bonchev–Trinajstić information content (AvgIpc) is 2.28. The van der Waals surface area contributed by atoms with Gasteiger partial charge in [0.05, 0.1) is 5.56 Å². The van der Waals surface area contributed by atoms with Crippen LogP contribution < -0.4 is 5.32 Å². The lowest BCUT2D eigenvalue weighted by atomic mass is 9.90. The molecule has 17 heavy (non-hydrogen) atoms. The summed E-state index contributed by atoms with van der Waals surface area (Å²) >= 11 is 0. The highest BCUT2D eigenvalue weighted by Crippen LogP contribution is 2.22. The quantitative estimate of drug-likeness (QED) is 0.807. The van der Waals surface area contributed by atoms with Crippen LogP contribution in [0.4, 0.5) is 13.2 Å². The Kier molecular flexibility index (Phi) is 3.47. The van der Waals surface area contributed by atoms with Gasteiger partial charge in [0.2, 0.25) is 0 Å². The van der Waals surface area contributed by atoms with Crippen LogP contribution in [0.5, 0.6) is 0 Å². The van der Waals surface area contributed by atoms with Crippen LogP contribution >= 0.6 is 0 Å². The number of hydrogen-bond donors (Lipinski definition) is 1. The van der Waals surface area contributed by atoms with Gasteiger partial charge in [0.25, 0.3) is 0 Å². The van der Waals surface area contributed by atoms with Crippen molar-refractivity contribution in [3.63, 3.8) is 0 Å². The number of hydrogen-bond acceptors (Lipinski definition) is 2. The van der Waals surface area contributed by atoms with Gasteiger partial charge in [0.1, 0.15) is 17.5 Å². The number of nitrogens with one attached hydrogen (secondary N) is 1. The maximum Gasteiger partial charge on any atom is 0.173 e. The Balaban J connectivity index is 2.30. The molecule has 1 saturated heterocycles. The van der Waals surface area contributed by atoms with Crippen molar-refractivity contribution in [1.82, 2.24) is 5.32 Å². The Labute approximate surface area is 96.8 Å². The molecule has 1 aliphatic heterocycles. The van der Waals surface area contributed by atoms with Crippen LogP contribution in [0.2, 0.25) is 0 Å². The smallest absolute Gasteiger partial charge is 0.173 e. The van der Waals surface area contributed by atoms with Gasteiger partial charge in [0, 0.05) is 24.6 Å². The first-order chi connectivity index (χ1) is 8.09. The van der Waals surface area contributed by atoms with E-state index in [4.69, 9.17) is 0 Å². The van der Waals surface area contributed by atoms with Crippen LogP contribution in [0.25, 0.3) is 0 Å². The highest BCUT2D eigenvalue weighted by molar-refractivity contribution is 5.98. The molecule has 1 aliphatic rings. The number of carbonyl (C=O) groups excluding carboxylic acids is 1. The van der Waals surface area contributed by atoms with Crippen molar-refractivity contribution in [1.29, 1.82) is 0 Å². The number of piperidine rings is 1. The van der Waals surface area contributed by atoms with Crippen molar-refractivity contribution >= 4 is 5.78 Å². The zero-order valence-electron chi connectivity index (χ0n) is 9.10. The van der Waals surface area contributed by atoms with E-state index >= 15 is 0 Å². The number of ketones is 1. The molecule has 1 unspecified atom stereocenters. The van der Waals surface area contributed by atoms with Crippen LogP contribution in [0.15, 0.2) is 12.1 Å². The van der Waals surface area contributed by atoms with Gasteiger partial charge < -0.3 is 5.32 Å². The molecule has 5 heteroatoms. The third-order valence-electron chi connectivity index (χ3n) is 2.92. The molecular formula is C12H12F3NO. The molecule has 2 rings (SSSR count). The van der Waals surface area contributed by atoms with Gasteiger partial charge >= 0.3 is 0 Å². The Bertz CT molecular complexity index is 418. The Morgan fingerprint density at radius 2 is 1.88 bits per heavy atom. The molecular weight excluding hydrogens is 231 g/mol. The van der Waals surface area contributed by atoms with Crippen molar-refractivity contribution in [2.45, 2.75) is 12.8 Å². The predicted molar refractivity (Wildman–Crippen MR) is 56.2 cm³/mol. The van der Waals surface area contributed by atoms with Crippen molar-refractivity contribution in [3.05, 3.63) is 35.1 Å². The zero-order chi connectivity index (χ0) is 12.4. The molecule has 0 radical (unpaired) electrons. The minimum Gasteiger partial charge on any atom is -0.316 e. The number of halogens is 3. The monoisotopic (exact) mass is 243 g/mol. The van der Waals surface area contributed by atoms with Crippen LogP contribution in [0.1, 0.15) is 23.2 Å². The van der Waals surface area contributed by atoms with Gasteiger partial charge in [-0.25, -0.2) is 13.2 Å². The second-order valence-corrected chi connectivity index (χ2v) is 4.15. The fourth-order valence-electron chi connectivity index (χ4n) is 2.06. The summed E-state index contributed by atoms with van der Waals surface area (Å²) in [6, 6.07) is 1.07. The first kappa shape index (κ1) is 12.1. The minimum atomic E-state index is -1.13. The van der Waals surface area contributed by atoms with Crippen molar-refractivity contribution in [2.75, 3.05) is 13.1 Å². The molecule has 1 atom stereocenters. The van der Waals surface area contributed by atoms with Gasteiger partial charge in [-0.2, -0.15) is 0 Å². The second kappa shape index (κ2) is 4.87. The topological polar surface area (TPSA) is 29.1 Å². The van der Waals surface area contributed by atoms with E-state index in [9.17, 15) is 18.0 Å². The van der Waals surface area contributed by atoms with E-state index in [-0.39, 0.29) is 0 Å². The SMILES string of the molecule is O=C(c1c(F)cc(F)cc1F)C1CCCNC1. The lowest BCUT2D eigenvalue weighted by Crippen LogP contribution is -2.35. The fraction of sp³-hybridized carbons (Fsp3) is 0.417. The van der Waals surface area contributed by atoms with Gasteiger partial charge in [-0.1, -0.05) is 0 Å². The number of benzene rings is 1. The molecule has 0 bridgehead atoms. The molecule has 1 fully saturated rings. The van der Waals surface area contributed by atoms with Crippen molar-refractivity contribution in [3.8, 4) is 0 Å². The maximum atomic E-state index is 13.4. The summed E-state index contributed by atoms with van der Waals surface area (Å²) in [5, 5.41) is 3.00. The Morgan fingerprint density at radius 1 is 1.24 bits per heavy atom. The first-order valence-corrected chi connectivity index (χ1v) is 5.49. The Hall–Kier alpha value is -1.36. The fourth-order valence-corrected chi connectivity index (χ4v) is 2.06. The minimum absolute atomic E-state index is 0.412. The number of Topliss-reactive ketones (excluding diaryl/α,β-unsaturated/α-hetero) is 1. The van der Waals surface area contributed by atoms with Crippen LogP contribution in [0, 0.1) is 23.4 Å². The standard InChI is InChI=1S/C12H12F3NO/c13-8-4-9(14)11(10(15)5-8)12(17)7-2-1-3-16-6-7/h4-5,7,16H,1-3,6H2. The highest BCUT2D eigenvalue weighted by atomic mass is 19.1. The molecule has 0 aromatic heterocycles. The highest BCUT2D eigenvalue weighted by Gasteiger charge is 2.27. The summed E-state index contributed by atoms with van der Waals surface area (Å²) in [4.78, 5) is 11.9. The maximum absolute atomic E-state index is 13.4. The second-order valence-electron chi connectivity index (χ2n) is 4.15. The van der Waals surface area contributed by atoms with Gasteiger partial charge in [-0.15, -0.1) is 0 Å². The third kappa shape index (κ3) is 2.49. The van der Waals surface area contributed by atoms with E-state index in [1.807, 2.05) is 0 Å². The van der Waals surface area contributed by atoms with E-state index in [1.165, 1.54) is 0 Å².